The number of aliphatic hydroxyl groups is 1. The molecule has 5 rings (SSSR count). The molecule has 0 aliphatic heterocycles. The second kappa shape index (κ2) is 9.00. The number of rotatable bonds is 4. The van der Waals surface area contributed by atoms with E-state index in [4.69, 9.17) is 5.26 Å². The molecule has 3 aromatic carbocycles. The Morgan fingerprint density at radius 1 is 1.00 bits per heavy atom. The molecule has 0 radical (unpaired) electrons. The maximum atomic E-state index is 13.8. The molecule has 5 aromatic rings. The third-order valence-corrected chi connectivity index (χ3v) is 5.81. The summed E-state index contributed by atoms with van der Waals surface area (Å²) in [6.07, 6.45) is -3.94. The van der Waals surface area contributed by atoms with Crippen LogP contribution in [0.2, 0.25) is 0 Å². The third-order valence-electron chi connectivity index (χ3n) is 5.81. The van der Waals surface area contributed by atoms with Crippen LogP contribution in [-0.2, 0) is 12.8 Å². The zero-order valence-corrected chi connectivity index (χ0v) is 18.7. The summed E-state index contributed by atoms with van der Waals surface area (Å²) >= 11 is 0. The van der Waals surface area contributed by atoms with Crippen molar-refractivity contribution in [3.63, 3.8) is 0 Å². The van der Waals surface area contributed by atoms with Gasteiger partial charge in [0, 0.05) is 0 Å². The number of nitrogens with zero attached hydrogens (tertiary/aromatic N) is 5. The van der Waals surface area contributed by atoms with E-state index in [9.17, 15) is 27.5 Å². The highest BCUT2D eigenvalue weighted by atomic mass is 19.4. The lowest BCUT2D eigenvalue weighted by Gasteiger charge is -2.10. The first-order chi connectivity index (χ1) is 17.7. The van der Waals surface area contributed by atoms with Crippen LogP contribution in [0.25, 0.3) is 33.5 Å². The Hall–Kier alpha value is -4.82. The van der Waals surface area contributed by atoms with Crippen molar-refractivity contribution in [1.82, 2.24) is 19.3 Å². The fraction of sp³-hybridized carbons (Fsp3) is 0.0769. The van der Waals surface area contributed by atoms with Gasteiger partial charge in [-0.2, -0.15) is 23.5 Å². The first-order valence-electron chi connectivity index (χ1n) is 10.8. The number of hydrogen-bond acceptors (Lipinski definition) is 5. The van der Waals surface area contributed by atoms with Crippen LogP contribution >= 0.6 is 0 Å². The smallest absolute Gasteiger partial charge is 0.392 e. The average Bonchev–Trinajstić information content (AvgIpc) is 3.31. The summed E-state index contributed by atoms with van der Waals surface area (Å²) in [5, 5.41) is 22.3. The molecule has 0 amide bonds. The molecule has 0 fully saturated rings. The Morgan fingerprint density at radius 3 is 2.38 bits per heavy atom. The summed E-state index contributed by atoms with van der Waals surface area (Å²) in [7, 11) is 0. The molecule has 0 unspecified atom stereocenters. The van der Waals surface area contributed by atoms with E-state index in [2.05, 4.69) is 10.1 Å². The Morgan fingerprint density at radius 2 is 1.70 bits per heavy atom. The van der Waals surface area contributed by atoms with E-state index in [0.717, 1.165) is 44.9 Å². The zero-order chi connectivity index (χ0) is 26.3. The van der Waals surface area contributed by atoms with Gasteiger partial charge >= 0.3 is 6.18 Å². The largest absolute Gasteiger partial charge is 0.437 e. The quantitative estimate of drug-likeness (QED) is 0.356. The molecule has 0 spiro atoms. The standard InChI is InChI=1S/C26H15F4N5O2/c27-21-10-9-19(11-17(21)12-31)35-23-22(24(33-35)26(28,29)30)32-14-34(25(23)37)18-7-5-15(6-8-18)20-4-2-1-3-16(20)13-36/h1-11,14,36H,13H2. The Balaban J connectivity index is 1.69. The van der Waals surface area contributed by atoms with Gasteiger partial charge in [-0.1, -0.05) is 36.4 Å². The minimum Gasteiger partial charge on any atom is -0.392 e. The Labute approximate surface area is 206 Å². The third kappa shape index (κ3) is 4.13. The van der Waals surface area contributed by atoms with Gasteiger partial charge in [0.15, 0.2) is 11.2 Å². The van der Waals surface area contributed by atoms with Crippen LogP contribution in [-0.4, -0.2) is 24.4 Å². The molecule has 0 saturated heterocycles. The first-order valence-corrected chi connectivity index (χ1v) is 10.8. The predicted molar refractivity (Wildman–Crippen MR) is 125 cm³/mol. The fourth-order valence-electron chi connectivity index (χ4n) is 4.04. The molecule has 2 aromatic heterocycles. The second-order valence-corrected chi connectivity index (χ2v) is 8.01. The van der Waals surface area contributed by atoms with Gasteiger partial charge in [-0.25, -0.2) is 14.1 Å². The molecule has 37 heavy (non-hydrogen) atoms. The van der Waals surface area contributed by atoms with E-state index in [0.29, 0.717) is 11.3 Å². The van der Waals surface area contributed by atoms with E-state index in [1.807, 2.05) is 12.1 Å². The van der Waals surface area contributed by atoms with Crippen molar-refractivity contribution in [3.8, 4) is 28.6 Å². The molecule has 0 bridgehead atoms. The van der Waals surface area contributed by atoms with Crippen molar-refractivity contribution in [3.05, 3.63) is 106 Å². The number of halogens is 4. The van der Waals surface area contributed by atoms with Crippen molar-refractivity contribution in [1.29, 1.82) is 5.26 Å². The number of aliphatic hydroxyl groups excluding tert-OH is 1. The Kier molecular flexibility index (Phi) is 5.81. The lowest BCUT2D eigenvalue weighted by atomic mass is 10.00. The van der Waals surface area contributed by atoms with Gasteiger partial charge in [-0.05, 0) is 47.0 Å². The highest BCUT2D eigenvalue weighted by Gasteiger charge is 2.39. The number of alkyl halides is 3. The van der Waals surface area contributed by atoms with Crippen LogP contribution < -0.4 is 5.56 Å². The molecule has 0 atom stereocenters. The van der Waals surface area contributed by atoms with Crippen molar-refractivity contribution in [2.24, 2.45) is 0 Å². The number of nitriles is 1. The normalized spacial score (nSPS) is 11.6. The minimum atomic E-state index is -4.92. The van der Waals surface area contributed by atoms with Crippen molar-refractivity contribution in [2.75, 3.05) is 0 Å². The lowest BCUT2D eigenvalue weighted by molar-refractivity contribution is -0.140. The van der Waals surface area contributed by atoms with E-state index in [1.165, 1.54) is 0 Å². The van der Waals surface area contributed by atoms with Crippen LogP contribution in [0, 0.1) is 17.1 Å². The minimum absolute atomic E-state index is 0.106. The van der Waals surface area contributed by atoms with E-state index in [-0.39, 0.29) is 12.3 Å². The Bertz CT molecular complexity index is 1750. The van der Waals surface area contributed by atoms with E-state index < -0.39 is 39.8 Å². The maximum absolute atomic E-state index is 13.8. The number of hydrogen-bond donors (Lipinski definition) is 1. The fourth-order valence-corrected chi connectivity index (χ4v) is 4.04. The predicted octanol–water partition coefficient (Wildman–Crippen LogP) is 4.76. The molecule has 11 heteroatoms. The van der Waals surface area contributed by atoms with Gasteiger partial charge in [0.1, 0.15) is 23.7 Å². The van der Waals surface area contributed by atoms with Crippen LogP contribution in [0.1, 0.15) is 16.8 Å². The average molecular weight is 505 g/mol. The van der Waals surface area contributed by atoms with Gasteiger partial charge in [0.2, 0.25) is 0 Å². The summed E-state index contributed by atoms with van der Waals surface area (Å²) in [4.78, 5) is 17.3. The number of aromatic nitrogens is 4. The van der Waals surface area contributed by atoms with Crippen molar-refractivity contribution >= 4 is 11.0 Å². The topological polar surface area (TPSA) is 96.7 Å². The maximum Gasteiger partial charge on any atom is 0.437 e. The molecule has 1 N–H and O–H groups in total. The summed E-state index contributed by atoms with van der Waals surface area (Å²) in [6.45, 7) is -0.166. The molecule has 2 heterocycles. The van der Waals surface area contributed by atoms with Crippen molar-refractivity contribution < 1.29 is 22.7 Å². The van der Waals surface area contributed by atoms with Gasteiger partial charge in [-0.3, -0.25) is 9.36 Å². The summed E-state index contributed by atoms with van der Waals surface area (Å²) in [5.74, 6) is -0.864. The summed E-state index contributed by atoms with van der Waals surface area (Å²) in [5.41, 5.74) is -1.35. The molecule has 7 nitrogen and oxygen atoms in total. The number of fused-ring (bicyclic) bond motifs is 1. The molecule has 184 valence electrons. The molecular formula is C26H15F4N5O2. The van der Waals surface area contributed by atoms with E-state index >= 15 is 0 Å². The van der Waals surface area contributed by atoms with Gasteiger partial charge < -0.3 is 5.11 Å². The van der Waals surface area contributed by atoms with E-state index in [1.54, 1.807) is 42.5 Å². The first kappa shape index (κ1) is 23.9. The van der Waals surface area contributed by atoms with Crippen molar-refractivity contribution in [2.45, 2.75) is 12.8 Å². The second-order valence-electron chi connectivity index (χ2n) is 8.01. The van der Waals surface area contributed by atoms with Crippen LogP contribution in [0.5, 0.6) is 0 Å². The van der Waals surface area contributed by atoms with Gasteiger partial charge in [0.25, 0.3) is 5.56 Å². The molecule has 0 aliphatic carbocycles. The molecular weight excluding hydrogens is 490 g/mol. The van der Waals surface area contributed by atoms with Gasteiger partial charge in [-0.15, -0.1) is 0 Å². The van der Waals surface area contributed by atoms with Crippen LogP contribution in [0.15, 0.2) is 77.9 Å². The molecule has 0 aliphatic rings. The number of benzene rings is 3. The SMILES string of the molecule is N#Cc1cc(-n2nc(C(F)(F)F)c3ncn(-c4ccc(-c5ccccc5CO)cc4)c(=O)c32)ccc1F. The summed E-state index contributed by atoms with van der Waals surface area (Å²) in [6, 6.07) is 18.5. The lowest BCUT2D eigenvalue weighted by Crippen LogP contribution is -2.21. The highest BCUT2D eigenvalue weighted by molar-refractivity contribution is 5.79. The van der Waals surface area contributed by atoms with Crippen LogP contribution in [0.3, 0.4) is 0 Å². The zero-order valence-electron chi connectivity index (χ0n) is 18.7. The highest BCUT2D eigenvalue weighted by Crippen LogP contribution is 2.33. The van der Waals surface area contributed by atoms with Crippen LogP contribution in [0.4, 0.5) is 17.6 Å². The van der Waals surface area contributed by atoms with Gasteiger partial charge in [0.05, 0.1) is 23.5 Å². The monoisotopic (exact) mass is 505 g/mol. The summed E-state index contributed by atoms with van der Waals surface area (Å²) < 4.78 is 56.8. The molecule has 0 saturated carbocycles.